The number of hydrogen-bond acceptors (Lipinski definition) is 2. The second-order valence-corrected chi connectivity index (χ2v) is 5.15. The van der Waals surface area contributed by atoms with Gasteiger partial charge >= 0.3 is 6.18 Å². The molecule has 1 saturated heterocycles. The van der Waals surface area contributed by atoms with Crippen LogP contribution in [0.1, 0.15) is 17.2 Å². The van der Waals surface area contributed by atoms with E-state index in [0.29, 0.717) is 31.2 Å². The fourth-order valence-electron chi connectivity index (χ4n) is 2.33. The SMILES string of the molecule is Cc1ccc([C@@H](N2CCNCC2)C(F)(F)F)cc1Cl.Cl. The van der Waals surface area contributed by atoms with Crippen molar-refractivity contribution in [1.29, 1.82) is 0 Å². The largest absolute Gasteiger partial charge is 0.408 e. The normalized spacial score (nSPS) is 18.4. The first-order chi connectivity index (χ1) is 8.89. The fraction of sp³-hybridized carbons (Fsp3) is 0.538. The van der Waals surface area contributed by atoms with Crippen LogP contribution in [0.5, 0.6) is 0 Å². The van der Waals surface area contributed by atoms with Gasteiger partial charge in [0.25, 0.3) is 0 Å². The van der Waals surface area contributed by atoms with Crippen molar-refractivity contribution in [1.82, 2.24) is 10.2 Å². The lowest BCUT2D eigenvalue weighted by Gasteiger charge is -2.36. The van der Waals surface area contributed by atoms with Crippen LogP contribution in [0.4, 0.5) is 13.2 Å². The molecule has 0 aliphatic carbocycles. The van der Waals surface area contributed by atoms with Gasteiger partial charge in [0, 0.05) is 31.2 Å². The zero-order valence-electron chi connectivity index (χ0n) is 11.0. The van der Waals surface area contributed by atoms with Gasteiger partial charge in [-0.2, -0.15) is 13.2 Å². The Morgan fingerprint density at radius 3 is 2.35 bits per heavy atom. The van der Waals surface area contributed by atoms with Crippen molar-refractivity contribution in [2.24, 2.45) is 0 Å². The van der Waals surface area contributed by atoms with Crippen molar-refractivity contribution >= 4 is 24.0 Å². The molecule has 1 fully saturated rings. The van der Waals surface area contributed by atoms with Crippen molar-refractivity contribution < 1.29 is 13.2 Å². The molecule has 2 nitrogen and oxygen atoms in total. The maximum absolute atomic E-state index is 13.3. The zero-order valence-corrected chi connectivity index (χ0v) is 12.6. The van der Waals surface area contributed by atoms with Gasteiger partial charge in [-0.1, -0.05) is 23.7 Å². The molecular formula is C13H17Cl2F3N2. The first kappa shape index (κ1) is 17.6. The van der Waals surface area contributed by atoms with Crippen LogP contribution in [-0.4, -0.2) is 37.3 Å². The maximum atomic E-state index is 13.3. The number of benzene rings is 1. The van der Waals surface area contributed by atoms with Crippen LogP contribution in [0.25, 0.3) is 0 Å². The molecule has 1 aromatic rings. The zero-order chi connectivity index (χ0) is 14.0. The quantitative estimate of drug-likeness (QED) is 0.892. The van der Waals surface area contributed by atoms with Crippen LogP contribution in [-0.2, 0) is 0 Å². The second-order valence-electron chi connectivity index (χ2n) is 4.74. The lowest BCUT2D eigenvalue weighted by molar-refractivity contribution is -0.187. The van der Waals surface area contributed by atoms with E-state index >= 15 is 0 Å². The highest BCUT2D eigenvalue weighted by molar-refractivity contribution is 6.31. The fourth-order valence-corrected chi connectivity index (χ4v) is 2.52. The van der Waals surface area contributed by atoms with Gasteiger partial charge in [-0.3, -0.25) is 4.90 Å². The molecule has 0 spiro atoms. The molecule has 1 aromatic carbocycles. The third-order valence-electron chi connectivity index (χ3n) is 3.34. The van der Waals surface area contributed by atoms with Gasteiger partial charge in [0.05, 0.1) is 0 Å². The Morgan fingerprint density at radius 1 is 1.25 bits per heavy atom. The first-order valence-electron chi connectivity index (χ1n) is 6.17. The van der Waals surface area contributed by atoms with Gasteiger partial charge in [-0.15, -0.1) is 12.4 Å². The molecule has 0 unspecified atom stereocenters. The van der Waals surface area contributed by atoms with E-state index in [4.69, 9.17) is 11.6 Å². The second kappa shape index (κ2) is 6.98. The minimum atomic E-state index is -4.30. The Bertz CT molecular complexity index is 446. The Balaban J connectivity index is 0.00000200. The topological polar surface area (TPSA) is 15.3 Å². The van der Waals surface area contributed by atoms with E-state index in [-0.39, 0.29) is 18.0 Å². The number of rotatable bonds is 2. The average Bonchev–Trinajstić information content (AvgIpc) is 2.34. The summed E-state index contributed by atoms with van der Waals surface area (Å²) in [6.07, 6.45) is -4.30. The van der Waals surface area contributed by atoms with Crippen LogP contribution >= 0.6 is 24.0 Å². The summed E-state index contributed by atoms with van der Waals surface area (Å²) >= 11 is 5.95. The molecule has 1 heterocycles. The van der Waals surface area contributed by atoms with Crippen molar-refractivity contribution in [2.75, 3.05) is 26.2 Å². The highest BCUT2D eigenvalue weighted by Gasteiger charge is 2.44. The molecule has 1 aliphatic heterocycles. The molecule has 0 bridgehead atoms. The molecule has 1 N–H and O–H groups in total. The summed E-state index contributed by atoms with van der Waals surface area (Å²) in [5.74, 6) is 0. The van der Waals surface area contributed by atoms with Gasteiger partial charge in [0.2, 0.25) is 0 Å². The van der Waals surface area contributed by atoms with Crippen LogP contribution in [0, 0.1) is 6.92 Å². The third-order valence-corrected chi connectivity index (χ3v) is 3.75. The highest BCUT2D eigenvalue weighted by Crippen LogP contribution is 2.38. The standard InChI is InChI=1S/C13H16ClF3N2.ClH/c1-9-2-3-10(8-11(9)14)12(13(15,16)17)19-6-4-18-5-7-19;/h2-3,8,12,18H,4-7H2,1H3;1H/t12-;/m1./s1. The maximum Gasteiger partial charge on any atom is 0.408 e. The van der Waals surface area contributed by atoms with Gasteiger partial charge in [0.15, 0.2) is 0 Å². The molecule has 0 radical (unpaired) electrons. The van der Waals surface area contributed by atoms with Gasteiger partial charge in [-0.05, 0) is 24.1 Å². The lowest BCUT2D eigenvalue weighted by atomic mass is 10.0. The number of halogens is 5. The predicted molar refractivity (Wildman–Crippen MR) is 76.7 cm³/mol. The summed E-state index contributed by atoms with van der Waals surface area (Å²) in [7, 11) is 0. The van der Waals surface area contributed by atoms with Gasteiger partial charge in [-0.25, -0.2) is 0 Å². The van der Waals surface area contributed by atoms with E-state index < -0.39 is 12.2 Å². The predicted octanol–water partition coefficient (Wildman–Crippen LogP) is 3.58. The van der Waals surface area contributed by atoms with Crippen LogP contribution in [0.2, 0.25) is 5.02 Å². The van der Waals surface area contributed by atoms with Crippen LogP contribution < -0.4 is 5.32 Å². The molecule has 2 rings (SSSR count). The van der Waals surface area contributed by atoms with E-state index in [1.54, 1.807) is 13.0 Å². The lowest BCUT2D eigenvalue weighted by Crippen LogP contribution is -2.49. The highest BCUT2D eigenvalue weighted by atomic mass is 35.5. The molecule has 7 heteroatoms. The Morgan fingerprint density at radius 2 is 1.85 bits per heavy atom. The summed E-state index contributed by atoms with van der Waals surface area (Å²) in [6, 6.07) is 3.00. The summed E-state index contributed by atoms with van der Waals surface area (Å²) < 4.78 is 40.0. The van der Waals surface area contributed by atoms with Crippen molar-refractivity contribution in [3.63, 3.8) is 0 Å². The molecule has 1 atom stereocenters. The van der Waals surface area contributed by atoms with E-state index in [1.807, 2.05) is 0 Å². The number of hydrogen-bond donors (Lipinski definition) is 1. The minimum Gasteiger partial charge on any atom is -0.314 e. The molecule has 0 saturated carbocycles. The number of nitrogens with zero attached hydrogens (tertiary/aromatic N) is 1. The van der Waals surface area contributed by atoms with Crippen molar-refractivity contribution in [2.45, 2.75) is 19.1 Å². The Kier molecular flexibility index (Phi) is 6.13. The van der Waals surface area contributed by atoms with E-state index in [1.165, 1.54) is 17.0 Å². The Hall–Kier alpha value is -0.490. The molecule has 1 aliphatic rings. The van der Waals surface area contributed by atoms with Gasteiger partial charge < -0.3 is 5.32 Å². The summed E-state index contributed by atoms with van der Waals surface area (Å²) in [6.45, 7) is 3.70. The summed E-state index contributed by atoms with van der Waals surface area (Å²) in [5, 5.41) is 3.43. The van der Waals surface area contributed by atoms with Crippen molar-refractivity contribution in [3.8, 4) is 0 Å². The van der Waals surface area contributed by atoms with Crippen LogP contribution in [0.3, 0.4) is 0 Å². The summed E-state index contributed by atoms with van der Waals surface area (Å²) in [5.41, 5.74) is 0.997. The number of aryl methyl sites for hydroxylation is 1. The number of piperazine rings is 1. The Labute approximate surface area is 127 Å². The monoisotopic (exact) mass is 328 g/mol. The third kappa shape index (κ3) is 4.01. The molecule has 0 aromatic heterocycles. The van der Waals surface area contributed by atoms with E-state index in [0.717, 1.165) is 5.56 Å². The first-order valence-corrected chi connectivity index (χ1v) is 6.55. The smallest absolute Gasteiger partial charge is 0.314 e. The van der Waals surface area contributed by atoms with Gasteiger partial charge in [0.1, 0.15) is 6.04 Å². The summed E-state index contributed by atoms with van der Waals surface area (Å²) in [4.78, 5) is 1.46. The molecular weight excluding hydrogens is 312 g/mol. The molecule has 0 amide bonds. The van der Waals surface area contributed by atoms with Crippen LogP contribution in [0.15, 0.2) is 18.2 Å². The van der Waals surface area contributed by atoms with E-state index in [9.17, 15) is 13.2 Å². The van der Waals surface area contributed by atoms with E-state index in [2.05, 4.69) is 5.32 Å². The molecule has 114 valence electrons. The molecule has 20 heavy (non-hydrogen) atoms. The average molecular weight is 329 g/mol. The van der Waals surface area contributed by atoms with Crippen molar-refractivity contribution in [3.05, 3.63) is 34.3 Å². The minimum absolute atomic E-state index is 0. The number of nitrogens with one attached hydrogen (secondary N) is 1. The number of alkyl halides is 3.